The zero-order chi connectivity index (χ0) is 13.9. The molecule has 0 saturated carbocycles. The molecule has 4 nitrogen and oxygen atoms in total. The summed E-state index contributed by atoms with van der Waals surface area (Å²) in [5.41, 5.74) is 4.50. The van der Waals surface area contributed by atoms with Crippen molar-refractivity contribution in [2.45, 2.75) is 39.5 Å². The van der Waals surface area contributed by atoms with E-state index in [-0.39, 0.29) is 0 Å². The first-order chi connectivity index (χ1) is 9.24. The van der Waals surface area contributed by atoms with Crippen molar-refractivity contribution in [2.75, 3.05) is 6.54 Å². The molecule has 0 fully saturated rings. The van der Waals surface area contributed by atoms with Crippen LogP contribution in [0.1, 0.15) is 45.2 Å². The summed E-state index contributed by atoms with van der Waals surface area (Å²) in [4.78, 5) is 4.22. The van der Waals surface area contributed by atoms with E-state index in [0.29, 0.717) is 5.11 Å². The van der Waals surface area contributed by atoms with Crippen LogP contribution < -0.4 is 10.7 Å². The number of hydrogen-bond acceptors (Lipinski definition) is 3. The highest BCUT2D eigenvalue weighted by molar-refractivity contribution is 7.80. The van der Waals surface area contributed by atoms with E-state index < -0.39 is 0 Å². The van der Waals surface area contributed by atoms with E-state index >= 15 is 0 Å². The summed E-state index contributed by atoms with van der Waals surface area (Å²) in [5.74, 6) is 0. The molecule has 0 spiro atoms. The molecule has 0 bridgehead atoms. The van der Waals surface area contributed by atoms with Crippen molar-refractivity contribution in [3.8, 4) is 0 Å². The molecule has 5 heteroatoms. The van der Waals surface area contributed by atoms with Crippen molar-refractivity contribution in [1.29, 1.82) is 0 Å². The molecule has 0 saturated heterocycles. The monoisotopic (exact) mass is 278 g/mol. The summed E-state index contributed by atoms with van der Waals surface area (Å²) in [6.07, 6.45) is 6.65. The van der Waals surface area contributed by atoms with Gasteiger partial charge in [0.05, 0.1) is 11.4 Å². The lowest BCUT2D eigenvalue weighted by Gasteiger charge is -2.07. The van der Waals surface area contributed by atoms with Crippen LogP contribution in [0.4, 0.5) is 0 Å². The average Bonchev–Trinajstić information content (AvgIpc) is 2.45. The summed E-state index contributed by atoms with van der Waals surface area (Å²) >= 11 is 5.15. The lowest BCUT2D eigenvalue weighted by atomic mass is 10.2. The summed E-state index contributed by atoms with van der Waals surface area (Å²) in [7, 11) is 0. The van der Waals surface area contributed by atoms with Crippen LogP contribution in [0.15, 0.2) is 29.5 Å². The normalized spacial score (nSPS) is 11.2. The van der Waals surface area contributed by atoms with E-state index in [2.05, 4.69) is 27.8 Å². The average molecular weight is 278 g/mol. The van der Waals surface area contributed by atoms with Crippen LogP contribution in [-0.4, -0.2) is 22.4 Å². The van der Waals surface area contributed by atoms with E-state index in [4.69, 9.17) is 12.2 Å². The minimum Gasteiger partial charge on any atom is -0.361 e. The maximum Gasteiger partial charge on any atom is 0.186 e. The maximum absolute atomic E-state index is 5.15. The zero-order valence-corrected chi connectivity index (χ0v) is 12.5. The molecule has 1 rings (SSSR count). The SMILES string of the molecule is CCCCCCNC(=S)N/N=C(\C)c1ccccn1. The van der Waals surface area contributed by atoms with Gasteiger partial charge in [-0.2, -0.15) is 5.10 Å². The van der Waals surface area contributed by atoms with Crippen molar-refractivity contribution in [1.82, 2.24) is 15.7 Å². The van der Waals surface area contributed by atoms with Gasteiger partial charge in [0.15, 0.2) is 5.11 Å². The first-order valence-corrected chi connectivity index (χ1v) is 7.14. The minimum absolute atomic E-state index is 0.562. The number of rotatable bonds is 7. The number of unbranched alkanes of at least 4 members (excludes halogenated alkanes) is 3. The smallest absolute Gasteiger partial charge is 0.186 e. The molecule has 0 aliphatic rings. The molecule has 0 unspecified atom stereocenters. The van der Waals surface area contributed by atoms with Crippen molar-refractivity contribution in [2.24, 2.45) is 5.10 Å². The molecular formula is C14H22N4S. The predicted octanol–water partition coefficient (Wildman–Crippen LogP) is 2.85. The summed E-state index contributed by atoms with van der Waals surface area (Å²) in [5, 5.41) is 7.91. The molecule has 19 heavy (non-hydrogen) atoms. The number of aromatic nitrogens is 1. The third-order valence-corrected chi connectivity index (χ3v) is 2.91. The van der Waals surface area contributed by atoms with Gasteiger partial charge >= 0.3 is 0 Å². The largest absolute Gasteiger partial charge is 0.361 e. The lowest BCUT2D eigenvalue weighted by Crippen LogP contribution is -2.33. The van der Waals surface area contributed by atoms with E-state index in [1.165, 1.54) is 19.3 Å². The molecular weight excluding hydrogens is 256 g/mol. The number of hydrogen-bond donors (Lipinski definition) is 2. The second-order valence-electron chi connectivity index (χ2n) is 4.34. The van der Waals surface area contributed by atoms with Gasteiger partial charge in [-0.3, -0.25) is 10.4 Å². The van der Waals surface area contributed by atoms with Gasteiger partial charge < -0.3 is 5.32 Å². The second-order valence-corrected chi connectivity index (χ2v) is 4.75. The van der Waals surface area contributed by atoms with Crippen LogP contribution in [0.2, 0.25) is 0 Å². The van der Waals surface area contributed by atoms with Crippen LogP contribution in [0.5, 0.6) is 0 Å². The predicted molar refractivity (Wildman–Crippen MR) is 84.3 cm³/mol. The van der Waals surface area contributed by atoms with Crippen LogP contribution in [-0.2, 0) is 0 Å². The summed E-state index contributed by atoms with van der Waals surface area (Å²) in [6, 6.07) is 5.74. The second kappa shape index (κ2) is 9.44. The van der Waals surface area contributed by atoms with Gasteiger partial charge in [0, 0.05) is 12.7 Å². The third-order valence-electron chi connectivity index (χ3n) is 2.68. The molecule has 0 aliphatic carbocycles. The maximum atomic E-state index is 5.15. The molecule has 0 aromatic carbocycles. The standard InChI is InChI=1S/C14H22N4S/c1-3-4-5-7-11-16-14(19)18-17-12(2)13-9-6-8-10-15-13/h6,8-10H,3-5,7,11H2,1-2H3,(H2,16,18,19)/b17-12+. The van der Waals surface area contributed by atoms with E-state index in [9.17, 15) is 0 Å². The lowest BCUT2D eigenvalue weighted by molar-refractivity contribution is 0.651. The van der Waals surface area contributed by atoms with Crippen LogP contribution in [0.3, 0.4) is 0 Å². The zero-order valence-electron chi connectivity index (χ0n) is 11.6. The quantitative estimate of drug-likeness (QED) is 0.348. The summed E-state index contributed by atoms with van der Waals surface area (Å²) in [6.45, 7) is 5.00. The highest BCUT2D eigenvalue weighted by atomic mass is 32.1. The van der Waals surface area contributed by atoms with E-state index in [0.717, 1.165) is 24.4 Å². The Labute approximate surface area is 120 Å². The Hall–Kier alpha value is -1.49. The molecule has 1 aromatic rings. The summed E-state index contributed by atoms with van der Waals surface area (Å²) < 4.78 is 0. The van der Waals surface area contributed by atoms with Gasteiger partial charge in [-0.05, 0) is 37.7 Å². The molecule has 2 N–H and O–H groups in total. The number of hydrazone groups is 1. The highest BCUT2D eigenvalue weighted by Gasteiger charge is 1.98. The first kappa shape index (κ1) is 15.6. The number of pyridine rings is 1. The minimum atomic E-state index is 0.562. The van der Waals surface area contributed by atoms with Crippen molar-refractivity contribution in [3.05, 3.63) is 30.1 Å². The van der Waals surface area contributed by atoms with Gasteiger partial charge in [-0.15, -0.1) is 0 Å². The Morgan fingerprint density at radius 1 is 1.32 bits per heavy atom. The molecule has 104 valence electrons. The van der Waals surface area contributed by atoms with Crippen molar-refractivity contribution < 1.29 is 0 Å². The number of nitrogens with zero attached hydrogens (tertiary/aromatic N) is 2. The Balaban J connectivity index is 2.25. The fourth-order valence-corrected chi connectivity index (χ4v) is 1.71. The molecule has 0 atom stereocenters. The molecule has 0 aliphatic heterocycles. The van der Waals surface area contributed by atoms with Gasteiger partial charge in [0.2, 0.25) is 0 Å². The van der Waals surface area contributed by atoms with Gasteiger partial charge in [0.1, 0.15) is 0 Å². The molecule has 0 radical (unpaired) electrons. The number of thiocarbonyl (C=S) groups is 1. The van der Waals surface area contributed by atoms with Gasteiger partial charge in [-0.1, -0.05) is 32.3 Å². The molecule has 1 aromatic heterocycles. The Morgan fingerprint density at radius 3 is 2.84 bits per heavy atom. The third kappa shape index (κ3) is 6.86. The Bertz CT molecular complexity index is 403. The van der Waals surface area contributed by atoms with Crippen LogP contribution in [0, 0.1) is 0 Å². The highest BCUT2D eigenvalue weighted by Crippen LogP contribution is 1.97. The van der Waals surface area contributed by atoms with Crippen molar-refractivity contribution >= 4 is 23.0 Å². The number of nitrogens with one attached hydrogen (secondary N) is 2. The fourth-order valence-electron chi connectivity index (χ4n) is 1.56. The van der Waals surface area contributed by atoms with Crippen LogP contribution in [0.25, 0.3) is 0 Å². The Kier molecular flexibility index (Phi) is 7.74. The topological polar surface area (TPSA) is 49.3 Å². The molecule has 1 heterocycles. The van der Waals surface area contributed by atoms with Gasteiger partial charge in [0.25, 0.3) is 0 Å². The van der Waals surface area contributed by atoms with E-state index in [1.807, 2.05) is 25.1 Å². The van der Waals surface area contributed by atoms with Gasteiger partial charge in [-0.25, -0.2) is 0 Å². The first-order valence-electron chi connectivity index (χ1n) is 6.73. The van der Waals surface area contributed by atoms with Crippen LogP contribution >= 0.6 is 12.2 Å². The van der Waals surface area contributed by atoms with E-state index in [1.54, 1.807) is 6.20 Å². The van der Waals surface area contributed by atoms with Crippen molar-refractivity contribution in [3.63, 3.8) is 0 Å². The molecule has 0 amide bonds. The Morgan fingerprint density at radius 2 is 2.16 bits per heavy atom. The fraction of sp³-hybridized carbons (Fsp3) is 0.500.